The van der Waals surface area contributed by atoms with Gasteiger partial charge in [-0.3, -0.25) is 0 Å². The first-order chi connectivity index (χ1) is 2.00. The fraction of sp³-hybridized carbons (Fsp3) is 1.00. The van der Waals surface area contributed by atoms with Gasteiger partial charge in [0.1, 0.15) is 0 Å². The Balaban J connectivity index is -0.0000000267. The number of hydrogen-bond acceptors (Lipinski definition) is 4. The van der Waals surface area contributed by atoms with Crippen molar-refractivity contribution in [1.29, 1.82) is 0 Å². The van der Waals surface area contributed by atoms with Crippen molar-refractivity contribution in [3.63, 3.8) is 0 Å². The Hall–Kier alpha value is 0.642. The molecule has 0 amide bonds. The third-order valence-electron chi connectivity index (χ3n) is 0. The monoisotopic (exact) mass is 154 g/mol. The van der Waals surface area contributed by atoms with Crippen LogP contribution in [0.3, 0.4) is 0 Å². The summed E-state index contributed by atoms with van der Waals surface area (Å²) >= 11 is 0. The van der Waals surface area contributed by atoms with Crippen molar-refractivity contribution < 1.29 is 19.2 Å². The van der Waals surface area contributed by atoms with Crippen molar-refractivity contribution in [2.75, 3.05) is 0 Å². The van der Waals surface area contributed by atoms with Crippen LogP contribution in [0, 0.1) is 0 Å². The maximum atomic E-state index is 8.55. The maximum Gasteiger partial charge on any atom is 3.00 e. The molecule has 0 aromatic carbocycles. The molecule has 4 nitrogen and oxygen atoms in total. The molecule has 0 fully saturated rings. The van der Waals surface area contributed by atoms with Crippen LogP contribution in [0.5, 0.6) is 0 Å². The summed E-state index contributed by atoms with van der Waals surface area (Å²) in [6, 6.07) is 0. The molecule has 0 unspecified atom stereocenters. The van der Waals surface area contributed by atoms with Crippen LogP contribution in [-0.4, -0.2) is 17.4 Å². The predicted octanol–water partition coefficient (Wildman–Crippen LogP) is -1.93. The van der Waals surface area contributed by atoms with Crippen LogP contribution in [-0.2, 0) is 4.57 Å². The number of rotatable bonds is 0. The third kappa shape index (κ3) is 512. The van der Waals surface area contributed by atoms with Crippen molar-refractivity contribution in [3.8, 4) is 0 Å². The average molecular weight is 154 g/mol. The van der Waals surface area contributed by atoms with Gasteiger partial charge in [0.2, 0.25) is 0 Å². The molecule has 0 saturated heterocycles. The second kappa shape index (κ2) is 7.64. The fourth-order valence-corrected chi connectivity index (χ4v) is 0. The van der Waals surface area contributed by atoms with Crippen molar-refractivity contribution in [1.82, 2.24) is 0 Å². The van der Waals surface area contributed by atoms with Crippen LogP contribution >= 0.6 is 7.82 Å². The van der Waals surface area contributed by atoms with E-state index in [-0.39, 0.29) is 32.2 Å². The van der Waals surface area contributed by atoms with Gasteiger partial charge in [-0.1, -0.05) is 14.9 Å². The smallest absolute Gasteiger partial charge is 0.822 e. The minimum absolute atomic E-state index is 0. The second-order valence-corrected chi connectivity index (χ2v) is 1.34. The molecule has 0 N–H and O–H groups in total. The standard InChI is InChI=1S/2CH4.Al.H3O4P/c;;;1-5(2,3)4/h2*1H4;;(H3,1,2,3,4)/q;;+3;/p-3. The fourth-order valence-electron chi connectivity index (χ4n) is 0. The first-order valence-corrected chi connectivity index (χ1v) is 2.19. The molecule has 0 aliphatic heterocycles. The Bertz CT molecular complexity index is 60.2. The van der Waals surface area contributed by atoms with Crippen LogP contribution in [0.4, 0.5) is 0 Å². The molecule has 0 aliphatic rings. The van der Waals surface area contributed by atoms with E-state index in [4.69, 9.17) is 19.2 Å². The molecule has 6 heteroatoms. The number of hydrogen-bond donors (Lipinski definition) is 0. The van der Waals surface area contributed by atoms with Crippen molar-refractivity contribution in [2.24, 2.45) is 0 Å². The van der Waals surface area contributed by atoms with E-state index in [1.165, 1.54) is 0 Å². The SMILES string of the molecule is C.C.O=P([O-])([O-])[O-].[Al+3]. The van der Waals surface area contributed by atoms with Gasteiger partial charge in [0.05, 0.1) is 0 Å². The zero-order valence-corrected chi connectivity index (χ0v) is 4.71. The molecular formula is C2H8AlO4P. The molecular weight excluding hydrogens is 146 g/mol. The average Bonchev–Trinajstić information content (AvgIpc) is 0.722. The summed E-state index contributed by atoms with van der Waals surface area (Å²) in [4.78, 5) is 25.6. The topological polar surface area (TPSA) is 86.2 Å². The minimum atomic E-state index is -5.39. The Morgan fingerprint density at radius 2 is 1.00 bits per heavy atom. The van der Waals surface area contributed by atoms with E-state index >= 15 is 0 Å². The normalized spacial score (nSPS) is 7.38. The van der Waals surface area contributed by atoms with Gasteiger partial charge in [-0.05, 0) is 0 Å². The van der Waals surface area contributed by atoms with Crippen LogP contribution in [0.25, 0.3) is 0 Å². The summed E-state index contributed by atoms with van der Waals surface area (Å²) in [6.45, 7) is 0. The van der Waals surface area contributed by atoms with E-state index in [1.54, 1.807) is 0 Å². The summed E-state index contributed by atoms with van der Waals surface area (Å²) < 4.78 is 8.55. The zero-order valence-electron chi connectivity index (χ0n) is 2.66. The first-order valence-electron chi connectivity index (χ1n) is 0.730. The summed E-state index contributed by atoms with van der Waals surface area (Å²) in [5.74, 6) is 0. The van der Waals surface area contributed by atoms with Crippen LogP contribution < -0.4 is 14.7 Å². The van der Waals surface area contributed by atoms with E-state index < -0.39 is 7.82 Å². The largest absolute Gasteiger partial charge is 3.00 e. The van der Waals surface area contributed by atoms with Gasteiger partial charge >= 0.3 is 17.4 Å². The van der Waals surface area contributed by atoms with Gasteiger partial charge < -0.3 is 19.2 Å². The molecule has 0 heterocycles. The summed E-state index contributed by atoms with van der Waals surface area (Å²) in [7, 11) is -5.39. The van der Waals surface area contributed by atoms with Gasteiger partial charge in [0.25, 0.3) is 0 Å². The Morgan fingerprint density at radius 1 is 1.00 bits per heavy atom. The van der Waals surface area contributed by atoms with Crippen molar-refractivity contribution >= 4 is 25.2 Å². The predicted molar refractivity (Wildman–Crippen MR) is 26.8 cm³/mol. The van der Waals surface area contributed by atoms with Gasteiger partial charge in [-0.2, -0.15) is 7.82 Å². The molecule has 8 heavy (non-hydrogen) atoms. The third-order valence-corrected chi connectivity index (χ3v) is 0. The van der Waals surface area contributed by atoms with Crippen molar-refractivity contribution in [3.05, 3.63) is 0 Å². The minimum Gasteiger partial charge on any atom is -0.822 e. The molecule has 0 spiro atoms. The van der Waals surface area contributed by atoms with Gasteiger partial charge in [-0.25, -0.2) is 0 Å². The Morgan fingerprint density at radius 3 is 1.00 bits per heavy atom. The van der Waals surface area contributed by atoms with E-state index in [1.807, 2.05) is 0 Å². The summed E-state index contributed by atoms with van der Waals surface area (Å²) in [5.41, 5.74) is 0. The summed E-state index contributed by atoms with van der Waals surface area (Å²) in [6.07, 6.45) is 0. The first kappa shape index (κ1) is 23.4. The van der Waals surface area contributed by atoms with E-state index in [2.05, 4.69) is 0 Å². The Kier molecular flexibility index (Phi) is 22.4. The molecule has 0 rings (SSSR count). The zero-order chi connectivity index (χ0) is 4.50. The van der Waals surface area contributed by atoms with E-state index in [0.717, 1.165) is 0 Å². The van der Waals surface area contributed by atoms with Crippen LogP contribution in [0.15, 0.2) is 0 Å². The van der Waals surface area contributed by atoms with Crippen LogP contribution in [0.2, 0.25) is 0 Å². The molecule has 0 aromatic rings. The van der Waals surface area contributed by atoms with E-state index in [0.29, 0.717) is 0 Å². The summed E-state index contributed by atoms with van der Waals surface area (Å²) in [5, 5.41) is 0. The van der Waals surface area contributed by atoms with Gasteiger partial charge in [0, 0.05) is 0 Å². The quantitative estimate of drug-likeness (QED) is 0.300. The van der Waals surface area contributed by atoms with Crippen LogP contribution in [0.1, 0.15) is 14.9 Å². The molecule has 0 radical (unpaired) electrons. The van der Waals surface area contributed by atoms with Crippen molar-refractivity contribution in [2.45, 2.75) is 14.9 Å². The maximum absolute atomic E-state index is 8.55. The van der Waals surface area contributed by atoms with Gasteiger partial charge in [0.15, 0.2) is 0 Å². The van der Waals surface area contributed by atoms with E-state index in [9.17, 15) is 0 Å². The second-order valence-electron chi connectivity index (χ2n) is 0.447. The molecule has 0 bridgehead atoms. The van der Waals surface area contributed by atoms with Gasteiger partial charge in [-0.15, -0.1) is 0 Å². The molecule has 48 valence electrons. The number of phosphoric acid groups is 1. The Labute approximate surface area is 59.9 Å². The molecule has 0 aromatic heterocycles. The molecule has 0 atom stereocenters. The molecule has 0 aliphatic carbocycles. The molecule has 0 saturated carbocycles.